The molecule has 0 fully saturated rings. The smallest absolute Gasteiger partial charge is 0.123 e. The summed E-state index contributed by atoms with van der Waals surface area (Å²) in [5, 5.41) is 3.35. The van der Waals surface area contributed by atoms with Gasteiger partial charge in [-0.05, 0) is 31.0 Å². The van der Waals surface area contributed by atoms with Crippen LogP contribution in [0.4, 0.5) is 4.39 Å². The summed E-state index contributed by atoms with van der Waals surface area (Å²) in [5.41, 5.74) is 1.10. The van der Waals surface area contributed by atoms with E-state index in [1.165, 1.54) is 18.6 Å². The summed E-state index contributed by atoms with van der Waals surface area (Å²) in [4.78, 5) is 0. The van der Waals surface area contributed by atoms with E-state index in [-0.39, 0.29) is 11.9 Å². The summed E-state index contributed by atoms with van der Waals surface area (Å²) < 4.78 is 18.2. The van der Waals surface area contributed by atoms with Crippen LogP contribution in [0.1, 0.15) is 38.3 Å². The molecule has 0 aliphatic carbocycles. The molecule has 0 spiro atoms. The van der Waals surface area contributed by atoms with Gasteiger partial charge in [-0.2, -0.15) is 0 Å². The molecule has 96 valence electrons. The van der Waals surface area contributed by atoms with Crippen molar-refractivity contribution in [3.8, 4) is 0 Å². The Labute approximate surface area is 103 Å². The molecule has 0 saturated heterocycles. The summed E-state index contributed by atoms with van der Waals surface area (Å²) >= 11 is 0. The van der Waals surface area contributed by atoms with Gasteiger partial charge in [-0.15, -0.1) is 0 Å². The fraction of sp³-hybridized carbons (Fsp3) is 0.571. The van der Waals surface area contributed by atoms with E-state index in [2.05, 4.69) is 19.2 Å². The summed E-state index contributed by atoms with van der Waals surface area (Å²) in [7, 11) is 0. The van der Waals surface area contributed by atoms with Crippen LogP contribution >= 0.6 is 0 Å². The molecule has 0 bridgehead atoms. The molecular weight excluding hydrogens is 217 g/mol. The van der Waals surface area contributed by atoms with Crippen LogP contribution in [0.25, 0.3) is 0 Å². The Hall–Kier alpha value is -0.930. The van der Waals surface area contributed by atoms with Crippen LogP contribution in [0, 0.1) is 5.82 Å². The van der Waals surface area contributed by atoms with E-state index in [9.17, 15) is 4.39 Å². The summed E-state index contributed by atoms with van der Waals surface area (Å²) in [5.74, 6) is -0.191. The fourth-order valence-corrected chi connectivity index (χ4v) is 1.57. The van der Waals surface area contributed by atoms with Gasteiger partial charge in [0.1, 0.15) is 5.82 Å². The van der Waals surface area contributed by atoms with Gasteiger partial charge < -0.3 is 10.1 Å². The molecule has 1 aromatic carbocycles. The van der Waals surface area contributed by atoms with Crippen LogP contribution in [-0.2, 0) is 4.74 Å². The average molecular weight is 239 g/mol. The van der Waals surface area contributed by atoms with Crippen molar-refractivity contribution in [1.82, 2.24) is 5.32 Å². The molecular formula is C14H22FNO. The zero-order chi connectivity index (χ0) is 12.5. The van der Waals surface area contributed by atoms with E-state index >= 15 is 0 Å². The molecule has 17 heavy (non-hydrogen) atoms. The summed E-state index contributed by atoms with van der Waals surface area (Å²) in [6.07, 6.45) is 2.28. The number of hydrogen-bond donors (Lipinski definition) is 1. The molecule has 0 aliphatic heterocycles. The van der Waals surface area contributed by atoms with E-state index in [4.69, 9.17) is 4.74 Å². The van der Waals surface area contributed by atoms with Gasteiger partial charge in [-0.1, -0.05) is 25.5 Å². The highest BCUT2D eigenvalue weighted by Gasteiger charge is 2.03. The number of hydrogen-bond acceptors (Lipinski definition) is 2. The SMILES string of the molecule is CCCCOCCN[C@H](C)c1ccc(F)cc1. The van der Waals surface area contributed by atoms with Crippen LogP contribution in [0.15, 0.2) is 24.3 Å². The molecule has 1 aromatic rings. The van der Waals surface area contributed by atoms with Gasteiger partial charge in [-0.3, -0.25) is 0 Å². The molecule has 2 nitrogen and oxygen atoms in total. The predicted octanol–water partition coefficient (Wildman–Crippen LogP) is 3.29. The van der Waals surface area contributed by atoms with Crippen molar-refractivity contribution in [3.05, 3.63) is 35.6 Å². The molecule has 0 heterocycles. The largest absolute Gasteiger partial charge is 0.380 e. The summed E-state index contributed by atoms with van der Waals surface area (Å²) in [6.45, 7) is 6.61. The molecule has 0 aromatic heterocycles. The van der Waals surface area contributed by atoms with E-state index in [1.54, 1.807) is 0 Å². The Bertz CT molecular complexity index is 300. The Kier molecular flexibility index (Phi) is 6.82. The Morgan fingerprint density at radius 3 is 2.59 bits per heavy atom. The Morgan fingerprint density at radius 1 is 1.24 bits per heavy atom. The number of rotatable bonds is 8. The zero-order valence-corrected chi connectivity index (χ0v) is 10.7. The lowest BCUT2D eigenvalue weighted by Crippen LogP contribution is -2.23. The maximum Gasteiger partial charge on any atom is 0.123 e. The number of halogens is 1. The minimum atomic E-state index is -0.191. The normalized spacial score (nSPS) is 12.6. The predicted molar refractivity (Wildman–Crippen MR) is 68.5 cm³/mol. The molecule has 1 atom stereocenters. The molecule has 3 heteroatoms. The second-order valence-corrected chi connectivity index (χ2v) is 4.19. The van der Waals surface area contributed by atoms with Crippen molar-refractivity contribution in [2.45, 2.75) is 32.7 Å². The quantitative estimate of drug-likeness (QED) is 0.703. The maximum absolute atomic E-state index is 12.7. The topological polar surface area (TPSA) is 21.3 Å². The van der Waals surface area contributed by atoms with E-state index < -0.39 is 0 Å². The van der Waals surface area contributed by atoms with Crippen molar-refractivity contribution in [2.24, 2.45) is 0 Å². The lowest BCUT2D eigenvalue weighted by atomic mass is 10.1. The minimum Gasteiger partial charge on any atom is -0.380 e. The highest BCUT2D eigenvalue weighted by atomic mass is 19.1. The molecule has 0 saturated carbocycles. The second kappa shape index (κ2) is 8.20. The third-order valence-electron chi connectivity index (χ3n) is 2.71. The van der Waals surface area contributed by atoms with Crippen LogP contribution in [0.2, 0.25) is 0 Å². The first-order valence-electron chi connectivity index (χ1n) is 6.30. The highest BCUT2D eigenvalue weighted by molar-refractivity contribution is 5.19. The van der Waals surface area contributed by atoms with E-state index in [1.807, 2.05) is 12.1 Å². The fourth-order valence-electron chi connectivity index (χ4n) is 1.57. The Morgan fingerprint density at radius 2 is 1.94 bits per heavy atom. The van der Waals surface area contributed by atoms with Gasteiger partial charge in [0, 0.05) is 19.2 Å². The van der Waals surface area contributed by atoms with Gasteiger partial charge in [0.05, 0.1) is 6.61 Å². The first-order chi connectivity index (χ1) is 8.24. The molecule has 0 unspecified atom stereocenters. The van der Waals surface area contributed by atoms with Crippen molar-refractivity contribution in [2.75, 3.05) is 19.8 Å². The number of benzene rings is 1. The van der Waals surface area contributed by atoms with Crippen molar-refractivity contribution in [1.29, 1.82) is 0 Å². The zero-order valence-electron chi connectivity index (χ0n) is 10.7. The second-order valence-electron chi connectivity index (χ2n) is 4.19. The molecule has 0 radical (unpaired) electrons. The lowest BCUT2D eigenvalue weighted by molar-refractivity contribution is 0.131. The van der Waals surface area contributed by atoms with Gasteiger partial charge in [-0.25, -0.2) is 4.39 Å². The number of unbranched alkanes of at least 4 members (excludes halogenated alkanes) is 1. The van der Waals surface area contributed by atoms with Crippen molar-refractivity contribution < 1.29 is 9.13 Å². The van der Waals surface area contributed by atoms with Gasteiger partial charge in [0.25, 0.3) is 0 Å². The van der Waals surface area contributed by atoms with Crippen LogP contribution < -0.4 is 5.32 Å². The monoisotopic (exact) mass is 239 g/mol. The van der Waals surface area contributed by atoms with Crippen LogP contribution in [0.3, 0.4) is 0 Å². The molecule has 1 N–H and O–H groups in total. The van der Waals surface area contributed by atoms with E-state index in [0.29, 0.717) is 0 Å². The third kappa shape index (κ3) is 5.80. The molecule has 0 aliphatic rings. The van der Waals surface area contributed by atoms with Gasteiger partial charge in [0.15, 0.2) is 0 Å². The first-order valence-corrected chi connectivity index (χ1v) is 6.30. The maximum atomic E-state index is 12.7. The third-order valence-corrected chi connectivity index (χ3v) is 2.71. The Balaban J connectivity index is 2.16. The van der Waals surface area contributed by atoms with Crippen LogP contribution in [0.5, 0.6) is 0 Å². The van der Waals surface area contributed by atoms with E-state index in [0.717, 1.165) is 31.7 Å². The number of nitrogens with one attached hydrogen (secondary N) is 1. The summed E-state index contributed by atoms with van der Waals surface area (Å²) in [6, 6.07) is 6.83. The van der Waals surface area contributed by atoms with Crippen LogP contribution in [-0.4, -0.2) is 19.8 Å². The lowest BCUT2D eigenvalue weighted by Gasteiger charge is -2.14. The van der Waals surface area contributed by atoms with Gasteiger partial charge >= 0.3 is 0 Å². The first kappa shape index (κ1) is 14.1. The minimum absolute atomic E-state index is 0.191. The molecule has 1 rings (SSSR count). The van der Waals surface area contributed by atoms with Crippen molar-refractivity contribution in [3.63, 3.8) is 0 Å². The molecule has 0 amide bonds. The number of ether oxygens (including phenoxy) is 1. The standard InChI is InChI=1S/C14H22FNO/c1-3-4-10-17-11-9-16-12(2)13-5-7-14(15)8-6-13/h5-8,12,16H,3-4,9-11H2,1-2H3/t12-/m1/s1. The van der Waals surface area contributed by atoms with Crippen molar-refractivity contribution >= 4 is 0 Å². The average Bonchev–Trinajstić information content (AvgIpc) is 2.34. The van der Waals surface area contributed by atoms with Gasteiger partial charge in [0.2, 0.25) is 0 Å². The highest BCUT2D eigenvalue weighted by Crippen LogP contribution is 2.12.